The Morgan fingerprint density at radius 3 is 1.98 bits per heavy atom. The number of rotatable bonds is 16. The topological polar surface area (TPSA) is 160 Å². The number of alkyl carbamates (subject to hydrolysis) is 1. The Morgan fingerprint density at radius 2 is 1.44 bits per heavy atom. The second-order valence-electron chi connectivity index (χ2n) is 10.7. The van der Waals surface area contributed by atoms with Gasteiger partial charge in [-0.25, -0.2) is 4.79 Å². The summed E-state index contributed by atoms with van der Waals surface area (Å²) in [5, 5.41) is 19.4. The molecule has 224 valence electrons. The van der Waals surface area contributed by atoms with Gasteiger partial charge in [0.1, 0.15) is 18.7 Å². The van der Waals surface area contributed by atoms with Crippen molar-refractivity contribution in [3.63, 3.8) is 0 Å². The molecule has 2 aromatic rings. The lowest BCUT2D eigenvalue weighted by molar-refractivity contribution is -0.132. The van der Waals surface area contributed by atoms with Crippen LogP contribution in [0.3, 0.4) is 0 Å². The maximum Gasteiger partial charge on any atom is 0.408 e. The van der Waals surface area contributed by atoms with E-state index in [9.17, 15) is 24.3 Å². The summed E-state index contributed by atoms with van der Waals surface area (Å²) in [5.41, 5.74) is 7.16. The SMILES string of the molecule is CCC[C@@H](C[C@H](O)[C@H](Cc1ccccc1)NC(=O)[C@H](C)NC(=O)OCc1ccccc1)C(=O)N[C@H](C(N)=O)C(C)C. The maximum atomic E-state index is 13.1. The number of aliphatic hydroxyl groups excluding tert-OH is 1. The number of aliphatic hydroxyl groups is 1. The predicted octanol–water partition coefficient (Wildman–Crippen LogP) is 2.82. The molecule has 10 heteroatoms. The van der Waals surface area contributed by atoms with Gasteiger partial charge in [-0.15, -0.1) is 0 Å². The zero-order valence-corrected chi connectivity index (χ0v) is 24.3. The van der Waals surface area contributed by atoms with Crippen LogP contribution in [0.2, 0.25) is 0 Å². The highest BCUT2D eigenvalue weighted by atomic mass is 16.5. The van der Waals surface area contributed by atoms with E-state index in [0.29, 0.717) is 19.3 Å². The van der Waals surface area contributed by atoms with Crippen LogP contribution in [0.1, 0.15) is 58.1 Å². The largest absolute Gasteiger partial charge is 0.445 e. The highest BCUT2D eigenvalue weighted by Gasteiger charge is 2.31. The summed E-state index contributed by atoms with van der Waals surface area (Å²) >= 11 is 0. The van der Waals surface area contributed by atoms with Gasteiger partial charge in [0.05, 0.1) is 12.1 Å². The van der Waals surface area contributed by atoms with E-state index in [1.807, 2.05) is 67.6 Å². The third-order valence-electron chi connectivity index (χ3n) is 6.84. The van der Waals surface area contributed by atoms with Crippen molar-refractivity contribution in [1.82, 2.24) is 16.0 Å². The van der Waals surface area contributed by atoms with Crippen molar-refractivity contribution in [1.29, 1.82) is 0 Å². The summed E-state index contributed by atoms with van der Waals surface area (Å²) < 4.78 is 5.21. The summed E-state index contributed by atoms with van der Waals surface area (Å²) in [4.78, 5) is 50.3. The normalized spacial score (nSPS) is 14.7. The van der Waals surface area contributed by atoms with Gasteiger partial charge in [0, 0.05) is 5.92 Å². The molecule has 0 aliphatic rings. The van der Waals surface area contributed by atoms with Crippen molar-refractivity contribution in [2.24, 2.45) is 17.6 Å². The zero-order valence-electron chi connectivity index (χ0n) is 24.3. The van der Waals surface area contributed by atoms with Crippen LogP contribution in [0.15, 0.2) is 60.7 Å². The number of benzene rings is 2. The minimum Gasteiger partial charge on any atom is -0.445 e. The number of nitrogens with two attached hydrogens (primary N) is 1. The minimum atomic E-state index is -1.09. The molecule has 0 aromatic heterocycles. The van der Waals surface area contributed by atoms with E-state index < -0.39 is 48.1 Å². The molecule has 0 aliphatic heterocycles. The maximum absolute atomic E-state index is 13.1. The van der Waals surface area contributed by atoms with Crippen molar-refractivity contribution in [2.45, 2.75) is 84.2 Å². The van der Waals surface area contributed by atoms with Crippen LogP contribution in [0.5, 0.6) is 0 Å². The quantitative estimate of drug-likeness (QED) is 0.209. The van der Waals surface area contributed by atoms with Crippen LogP contribution in [-0.2, 0) is 32.1 Å². The highest BCUT2D eigenvalue weighted by molar-refractivity contribution is 5.88. The molecule has 4 amide bonds. The fourth-order valence-corrected chi connectivity index (χ4v) is 4.46. The van der Waals surface area contributed by atoms with Crippen LogP contribution >= 0.6 is 0 Å². The van der Waals surface area contributed by atoms with Crippen LogP contribution in [-0.4, -0.2) is 53.2 Å². The van der Waals surface area contributed by atoms with Crippen LogP contribution < -0.4 is 21.7 Å². The first kappa shape index (κ1) is 33.3. The molecule has 0 heterocycles. The van der Waals surface area contributed by atoms with E-state index in [0.717, 1.165) is 11.1 Å². The average molecular weight is 569 g/mol. The van der Waals surface area contributed by atoms with Gasteiger partial charge in [-0.05, 0) is 43.2 Å². The van der Waals surface area contributed by atoms with Crippen molar-refractivity contribution in [2.75, 3.05) is 0 Å². The predicted molar refractivity (Wildman–Crippen MR) is 156 cm³/mol. The molecule has 0 unspecified atom stereocenters. The first-order chi connectivity index (χ1) is 19.5. The van der Waals surface area contributed by atoms with Gasteiger partial charge in [0.15, 0.2) is 0 Å². The monoisotopic (exact) mass is 568 g/mol. The summed E-state index contributed by atoms with van der Waals surface area (Å²) in [6.07, 6.45) is -0.327. The number of primary amides is 1. The number of ether oxygens (including phenoxy) is 1. The molecule has 6 N–H and O–H groups in total. The smallest absolute Gasteiger partial charge is 0.408 e. The summed E-state index contributed by atoms with van der Waals surface area (Å²) in [6.45, 7) is 7.09. The second-order valence-corrected chi connectivity index (χ2v) is 10.7. The van der Waals surface area contributed by atoms with Crippen molar-refractivity contribution in [3.8, 4) is 0 Å². The van der Waals surface area contributed by atoms with E-state index in [2.05, 4.69) is 16.0 Å². The van der Waals surface area contributed by atoms with E-state index in [4.69, 9.17) is 10.5 Å². The Balaban J connectivity index is 2.09. The van der Waals surface area contributed by atoms with Crippen LogP contribution in [0, 0.1) is 11.8 Å². The molecule has 10 nitrogen and oxygen atoms in total. The third-order valence-corrected chi connectivity index (χ3v) is 6.84. The Labute approximate surface area is 242 Å². The third kappa shape index (κ3) is 11.6. The van der Waals surface area contributed by atoms with Gasteiger partial charge in [-0.2, -0.15) is 0 Å². The molecule has 0 aliphatic carbocycles. The fraction of sp³-hybridized carbons (Fsp3) is 0.484. The van der Waals surface area contributed by atoms with E-state index >= 15 is 0 Å². The molecular weight excluding hydrogens is 524 g/mol. The summed E-state index contributed by atoms with van der Waals surface area (Å²) in [7, 11) is 0. The molecule has 0 spiro atoms. The van der Waals surface area contributed by atoms with Gasteiger partial charge in [-0.1, -0.05) is 87.9 Å². The Morgan fingerprint density at radius 1 is 0.854 bits per heavy atom. The Hall–Kier alpha value is -3.92. The van der Waals surface area contributed by atoms with Crippen molar-refractivity contribution < 1.29 is 29.0 Å². The second kappa shape index (κ2) is 17.0. The molecule has 0 radical (unpaired) electrons. The number of hydrogen-bond donors (Lipinski definition) is 5. The molecule has 41 heavy (non-hydrogen) atoms. The highest BCUT2D eigenvalue weighted by Crippen LogP contribution is 2.19. The van der Waals surface area contributed by atoms with Crippen molar-refractivity contribution >= 4 is 23.8 Å². The number of amides is 4. The molecule has 2 rings (SSSR count). The van der Waals surface area contributed by atoms with Gasteiger partial charge in [0.2, 0.25) is 17.7 Å². The molecular formula is C31H44N4O6. The first-order valence-electron chi connectivity index (χ1n) is 14.1. The Kier molecular flexibility index (Phi) is 13.8. The number of hydrogen-bond acceptors (Lipinski definition) is 6. The van der Waals surface area contributed by atoms with Crippen LogP contribution in [0.4, 0.5) is 4.79 Å². The van der Waals surface area contributed by atoms with Crippen LogP contribution in [0.25, 0.3) is 0 Å². The van der Waals surface area contributed by atoms with Gasteiger partial charge < -0.3 is 31.5 Å². The minimum absolute atomic E-state index is 0.0575. The number of carbonyl (C=O) groups is 4. The molecule has 0 fully saturated rings. The van der Waals surface area contributed by atoms with Gasteiger partial charge in [-0.3, -0.25) is 14.4 Å². The molecule has 2 aromatic carbocycles. The van der Waals surface area contributed by atoms with Gasteiger partial charge in [0.25, 0.3) is 0 Å². The van der Waals surface area contributed by atoms with Gasteiger partial charge >= 0.3 is 6.09 Å². The number of carbonyl (C=O) groups excluding carboxylic acids is 4. The number of nitrogens with one attached hydrogen (secondary N) is 3. The summed E-state index contributed by atoms with van der Waals surface area (Å²) in [5.74, 6) is -2.30. The average Bonchev–Trinajstić information content (AvgIpc) is 2.94. The molecule has 0 saturated carbocycles. The van der Waals surface area contributed by atoms with E-state index in [-0.39, 0.29) is 24.9 Å². The Bertz CT molecular complexity index is 1110. The fourth-order valence-electron chi connectivity index (χ4n) is 4.46. The summed E-state index contributed by atoms with van der Waals surface area (Å²) in [6, 6.07) is 16.0. The lowest BCUT2D eigenvalue weighted by Crippen LogP contribution is -2.53. The van der Waals surface area contributed by atoms with E-state index in [1.54, 1.807) is 13.8 Å². The van der Waals surface area contributed by atoms with Crippen molar-refractivity contribution in [3.05, 3.63) is 71.8 Å². The molecule has 0 bridgehead atoms. The molecule has 5 atom stereocenters. The lowest BCUT2D eigenvalue weighted by Gasteiger charge is -2.29. The standard InChI is InChI=1S/C31H44N4O6/c1-5-12-24(30(39)35-27(20(2)3)28(32)37)18-26(36)25(17-22-13-8-6-9-14-22)34-29(38)21(4)33-31(40)41-19-23-15-10-7-11-16-23/h6-11,13-16,20-21,24-27,36H,5,12,17-19H2,1-4H3,(H2,32,37)(H,33,40)(H,34,38)(H,35,39)/t21-,24-,25-,26-,27-/m0/s1. The lowest BCUT2D eigenvalue weighted by atomic mass is 9.89. The molecule has 0 saturated heterocycles. The zero-order chi connectivity index (χ0) is 30.4. The van der Waals surface area contributed by atoms with E-state index in [1.165, 1.54) is 6.92 Å². The first-order valence-corrected chi connectivity index (χ1v) is 14.1.